The van der Waals surface area contributed by atoms with Crippen LogP contribution in [0.4, 0.5) is 0 Å². The molecule has 5 heteroatoms. The number of hydrogen-bond donors (Lipinski definition) is 1. The third-order valence-electron chi connectivity index (χ3n) is 7.22. The van der Waals surface area contributed by atoms with Gasteiger partial charge in [-0.05, 0) is 74.8 Å². The van der Waals surface area contributed by atoms with E-state index in [1.54, 1.807) is 12.5 Å². The van der Waals surface area contributed by atoms with Gasteiger partial charge in [0.1, 0.15) is 0 Å². The van der Waals surface area contributed by atoms with Crippen LogP contribution in [-0.4, -0.2) is 46.0 Å². The molecule has 1 saturated heterocycles. The molecule has 0 radical (unpaired) electrons. The summed E-state index contributed by atoms with van der Waals surface area (Å²) < 4.78 is 1.95. The van der Waals surface area contributed by atoms with Crippen molar-refractivity contribution in [2.75, 3.05) is 19.6 Å². The first-order chi connectivity index (χ1) is 15.2. The molecule has 1 unspecified atom stereocenters. The third kappa shape index (κ3) is 5.97. The second-order valence-corrected chi connectivity index (χ2v) is 9.55. The number of nitrogens with one attached hydrogen (secondary N) is 1. The van der Waals surface area contributed by atoms with Crippen molar-refractivity contribution in [3.8, 4) is 5.69 Å². The van der Waals surface area contributed by atoms with Crippen LogP contribution in [-0.2, 0) is 0 Å². The van der Waals surface area contributed by atoms with Crippen LogP contribution in [0.25, 0.3) is 5.69 Å². The summed E-state index contributed by atoms with van der Waals surface area (Å²) in [7, 11) is 0. The van der Waals surface area contributed by atoms with E-state index >= 15 is 0 Å². The maximum Gasteiger partial charge on any atom is 0.251 e. The Hall–Kier alpha value is -2.14. The molecule has 1 amide bonds. The maximum atomic E-state index is 13.0. The zero-order valence-corrected chi connectivity index (χ0v) is 19.0. The minimum absolute atomic E-state index is 0.0635. The van der Waals surface area contributed by atoms with Crippen LogP contribution in [0.1, 0.15) is 75.1 Å². The molecular weight excluding hydrogens is 384 g/mol. The molecule has 2 heterocycles. The zero-order valence-electron chi connectivity index (χ0n) is 19.0. The van der Waals surface area contributed by atoms with Crippen LogP contribution in [0.15, 0.2) is 43.0 Å². The Morgan fingerprint density at radius 1 is 1.13 bits per heavy atom. The molecule has 31 heavy (non-hydrogen) atoms. The van der Waals surface area contributed by atoms with Crippen molar-refractivity contribution in [1.82, 2.24) is 19.8 Å². The molecule has 1 N–H and O–H groups in total. The van der Waals surface area contributed by atoms with Crippen LogP contribution in [0.2, 0.25) is 0 Å². The van der Waals surface area contributed by atoms with Crippen LogP contribution in [0.3, 0.4) is 0 Å². The SMILES string of the molecule is CCCCC1CCCN(C[C@@H]2CCCC[C@H]2NC(=O)c2ccc(-n3ccnc3)cc2)C1. The lowest BCUT2D eigenvalue weighted by molar-refractivity contribution is 0.0853. The molecular formula is C26H38N4O. The predicted octanol–water partition coefficient (Wildman–Crippen LogP) is 5.06. The van der Waals surface area contributed by atoms with E-state index in [0.29, 0.717) is 12.0 Å². The van der Waals surface area contributed by atoms with E-state index in [1.807, 2.05) is 35.0 Å². The highest BCUT2D eigenvalue weighted by Crippen LogP contribution is 2.28. The van der Waals surface area contributed by atoms with Gasteiger partial charge >= 0.3 is 0 Å². The number of unbranched alkanes of at least 4 members (excludes halogenated alkanes) is 1. The van der Waals surface area contributed by atoms with Crippen molar-refractivity contribution in [2.24, 2.45) is 11.8 Å². The normalized spacial score (nSPS) is 24.7. The van der Waals surface area contributed by atoms with Crippen molar-refractivity contribution < 1.29 is 4.79 Å². The summed E-state index contributed by atoms with van der Waals surface area (Å²) in [5, 5.41) is 3.39. The van der Waals surface area contributed by atoms with Gasteiger partial charge in [-0.25, -0.2) is 4.98 Å². The van der Waals surface area contributed by atoms with E-state index in [9.17, 15) is 4.79 Å². The summed E-state index contributed by atoms with van der Waals surface area (Å²) in [5.74, 6) is 1.51. The van der Waals surface area contributed by atoms with Crippen molar-refractivity contribution in [3.63, 3.8) is 0 Å². The van der Waals surface area contributed by atoms with Gasteiger partial charge in [-0.3, -0.25) is 4.79 Å². The van der Waals surface area contributed by atoms with Crippen LogP contribution < -0.4 is 5.32 Å². The van der Waals surface area contributed by atoms with Crippen molar-refractivity contribution in [1.29, 1.82) is 0 Å². The largest absolute Gasteiger partial charge is 0.349 e. The molecule has 5 nitrogen and oxygen atoms in total. The number of hydrogen-bond acceptors (Lipinski definition) is 3. The topological polar surface area (TPSA) is 50.2 Å². The smallest absolute Gasteiger partial charge is 0.251 e. The lowest BCUT2D eigenvalue weighted by Gasteiger charge is -2.39. The fraction of sp³-hybridized carbons (Fsp3) is 0.615. The van der Waals surface area contributed by atoms with Crippen molar-refractivity contribution in [3.05, 3.63) is 48.5 Å². The van der Waals surface area contributed by atoms with Gasteiger partial charge in [-0.1, -0.05) is 32.6 Å². The van der Waals surface area contributed by atoms with Gasteiger partial charge in [0.15, 0.2) is 0 Å². The van der Waals surface area contributed by atoms with E-state index in [2.05, 4.69) is 22.1 Å². The Morgan fingerprint density at radius 2 is 1.97 bits per heavy atom. The number of nitrogens with zero attached hydrogens (tertiary/aromatic N) is 3. The molecule has 1 aromatic carbocycles. The summed E-state index contributed by atoms with van der Waals surface area (Å²) >= 11 is 0. The molecule has 2 aromatic rings. The summed E-state index contributed by atoms with van der Waals surface area (Å²) in [5.41, 5.74) is 1.76. The first-order valence-corrected chi connectivity index (χ1v) is 12.3. The number of rotatable bonds is 8. The van der Waals surface area contributed by atoms with E-state index in [4.69, 9.17) is 0 Å². The van der Waals surface area contributed by atoms with Crippen molar-refractivity contribution in [2.45, 2.75) is 70.8 Å². The predicted molar refractivity (Wildman–Crippen MR) is 125 cm³/mol. The third-order valence-corrected chi connectivity index (χ3v) is 7.22. The number of amides is 1. The van der Waals surface area contributed by atoms with E-state index in [0.717, 1.165) is 30.1 Å². The Morgan fingerprint density at radius 3 is 2.74 bits per heavy atom. The first kappa shape index (κ1) is 22.1. The molecule has 1 saturated carbocycles. The molecule has 1 aromatic heterocycles. The molecule has 168 valence electrons. The molecule has 0 bridgehead atoms. The molecule has 1 aliphatic heterocycles. The summed E-state index contributed by atoms with van der Waals surface area (Å²) in [6.45, 7) is 5.93. The number of likely N-dealkylation sites (tertiary alicyclic amines) is 1. The molecule has 2 aliphatic rings. The number of imidazole rings is 1. The van der Waals surface area contributed by atoms with Gasteiger partial charge in [0, 0.05) is 42.8 Å². The Labute approximate surface area is 187 Å². The number of carbonyl (C=O) groups is 1. The van der Waals surface area contributed by atoms with Gasteiger partial charge in [-0.2, -0.15) is 0 Å². The second kappa shape index (κ2) is 10.9. The zero-order chi connectivity index (χ0) is 21.5. The second-order valence-electron chi connectivity index (χ2n) is 9.55. The highest BCUT2D eigenvalue weighted by atomic mass is 16.1. The van der Waals surface area contributed by atoms with Crippen LogP contribution in [0.5, 0.6) is 0 Å². The average Bonchev–Trinajstić information content (AvgIpc) is 3.34. The fourth-order valence-electron chi connectivity index (χ4n) is 5.44. The number of piperidine rings is 1. The van der Waals surface area contributed by atoms with E-state index < -0.39 is 0 Å². The maximum absolute atomic E-state index is 13.0. The lowest BCUT2D eigenvalue weighted by atomic mass is 9.83. The molecule has 1 aliphatic carbocycles. The number of benzene rings is 1. The van der Waals surface area contributed by atoms with Crippen molar-refractivity contribution >= 4 is 5.91 Å². The van der Waals surface area contributed by atoms with E-state index in [1.165, 1.54) is 64.5 Å². The van der Waals surface area contributed by atoms with Gasteiger partial charge in [0.2, 0.25) is 0 Å². The highest BCUT2D eigenvalue weighted by Gasteiger charge is 2.30. The standard InChI is InChI=1S/C26H38N4O/c1-2-3-7-21-8-6-16-29(18-21)19-23-9-4-5-10-25(23)28-26(31)22-11-13-24(14-12-22)30-17-15-27-20-30/h11-15,17,20-21,23,25H,2-10,16,18-19H2,1H3,(H,28,31)/t21?,23-,25+/m0/s1. The quantitative estimate of drug-likeness (QED) is 0.647. The molecule has 4 rings (SSSR count). The fourth-order valence-corrected chi connectivity index (χ4v) is 5.44. The molecule has 2 fully saturated rings. The minimum Gasteiger partial charge on any atom is -0.349 e. The number of carbonyl (C=O) groups excluding carboxylic acids is 1. The molecule has 3 atom stereocenters. The minimum atomic E-state index is 0.0635. The summed E-state index contributed by atoms with van der Waals surface area (Å²) in [6.07, 6.45) is 17.1. The first-order valence-electron chi connectivity index (χ1n) is 12.3. The summed E-state index contributed by atoms with van der Waals surface area (Å²) in [6, 6.07) is 8.11. The number of aromatic nitrogens is 2. The lowest BCUT2D eigenvalue weighted by Crippen LogP contribution is -2.48. The average molecular weight is 423 g/mol. The Balaban J connectivity index is 1.33. The van der Waals surface area contributed by atoms with Gasteiger partial charge < -0.3 is 14.8 Å². The van der Waals surface area contributed by atoms with Gasteiger partial charge in [0.05, 0.1) is 6.33 Å². The van der Waals surface area contributed by atoms with Crippen LogP contribution >= 0.6 is 0 Å². The highest BCUT2D eigenvalue weighted by molar-refractivity contribution is 5.94. The van der Waals surface area contributed by atoms with Gasteiger partial charge in [-0.15, -0.1) is 0 Å². The molecule has 0 spiro atoms. The summed E-state index contributed by atoms with van der Waals surface area (Å²) in [4.78, 5) is 19.8. The van der Waals surface area contributed by atoms with E-state index in [-0.39, 0.29) is 5.91 Å². The van der Waals surface area contributed by atoms with Gasteiger partial charge in [0.25, 0.3) is 5.91 Å². The monoisotopic (exact) mass is 422 g/mol. The Kier molecular flexibility index (Phi) is 7.79. The van der Waals surface area contributed by atoms with Crippen LogP contribution in [0, 0.1) is 11.8 Å². The Bertz CT molecular complexity index is 801.